The van der Waals surface area contributed by atoms with Crippen LogP contribution in [0, 0.1) is 13.8 Å². The molecule has 0 aliphatic heterocycles. The summed E-state index contributed by atoms with van der Waals surface area (Å²) in [5.41, 5.74) is 3.91. The van der Waals surface area contributed by atoms with Gasteiger partial charge >= 0.3 is 0 Å². The zero-order valence-corrected chi connectivity index (χ0v) is 27.7. The number of nitrogens with zero attached hydrogens (tertiary/aromatic N) is 2. The van der Waals surface area contributed by atoms with E-state index in [2.05, 4.69) is 5.32 Å². The summed E-state index contributed by atoms with van der Waals surface area (Å²) in [6, 6.07) is 29.1. The van der Waals surface area contributed by atoms with Gasteiger partial charge in [0.05, 0.1) is 10.6 Å². The van der Waals surface area contributed by atoms with Gasteiger partial charge in [0.15, 0.2) is 0 Å². The lowest BCUT2D eigenvalue weighted by atomic mass is 10.0. The number of hydrogen-bond donors (Lipinski definition) is 1. The van der Waals surface area contributed by atoms with Crippen molar-refractivity contribution in [3.05, 3.63) is 130 Å². The number of sulfonamides is 1. The Hall–Kier alpha value is -4.14. The van der Waals surface area contributed by atoms with E-state index in [9.17, 15) is 18.0 Å². The van der Waals surface area contributed by atoms with E-state index in [0.29, 0.717) is 10.7 Å². The molecule has 45 heavy (non-hydrogen) atoms. The quantitative estimate of drug-likeness (QED) is 0.175. The van der Waals surface area contributed by atoms with Crippen molar-refractivity contribution < 1.29 is 18.0 Å². The first-order chi connectivity index (χ1) is 21.5. The standard InChI is InChI=1S/C36H40ClN3O4S/c1-5-28(4)38-36(42)34(23-29-13-7-6-8-14-29)39(24-30-15-9-11-26(2)21-30)35(41)25-40(32-16-10-12-27(3)22-32)45(43,44)33-19-17-31(37)18-20-33/h6-22,28,34H,5,23-25H2,1-4H3,(H,38,42)/t28-,34-/m1/s1. The average Bonchev–Trinajstić information content (AvgIpc) is 3.02. The number of benzene rings is 4. The third-order valence-corrected chi connectivity index (χ3v) is 9.72. The molecule has 1 N–H and O–H groups in total. The third kappa shape index (κ3) is 8.96. The van der Waals surface area contributed by atoms with Gasteiger partial charge < -0.3 is 10.2 Å². The summed E-state index contributed by atoms with van der Waals surface area (Å²) in [6.45, 7) is 7.33. The van der Waals surface area contributed by atoms with Gasteiger partial charge in [-0.15, -0.1) is 0 Å². The van der Waals surface area contributed by atoms with Crippen molar-refractivity contribution in [3.63, 3.8) is 0 Å². The van der Waals surface area contributed by atoms with Gasteiger partial charge in [-0.2, -0.15) is 0 Å². The summed E-state index contributed by atoms with van der Waals surface area (Å²) in [4.78, 5) is 30.0. The van der Waals surface area contributed by atoms with E-state index in [0.717, 1.165) is 33.0 Å². The van der Waals surface area contributed by atoms with E-state index < -0.39 is 28.5 Å². The molecule has 0 aromatic heterocycles. The second-order valence-corrected chi connectivity index (χ2v) is 13.6. The fourth-order valence-electron chi connectivity index (χ4n) is 5.05. The highest BCUT2D eigenvalue weighted by Crippen LogP contribution is 2.27. The number of carbonyl (C=O) groups is 2. The van der Waals surface area contributed by atoms with Crippen LogP contribution in [0.15, 0.2) is 108 Å². The SMILES string of the molecule is CC[C@@H](C)NC(=O)[C@@H](Cc1ccccc1)N(Cc1cccc(C)c1)C(=O)CN(c1cccc(C)c1)S(=O)(=O)c1ccc(Cl)cc1. The van der Waals surface area contributed by atoms with Gasteiger partial charge in [0.25, 0.3) is 10.0 Å². The number of hydrogen-bond acceptors (Lipinski definition) is 4. The Morgan fingerprint density at radius 3 is 2.07 bits per heavy atom. The Morgan fingerprint density at radius 1 is 0.822 bits per heavy atom. The molecule has 7 nitrogen and oxygen atoms in total. The number of carbonyl (C=O) groups excluding carboxylic acids is 2. The Balaban J connectivity index is 1.81. The van der Waals surface area contributed by atoms with E-state index in [1.807, 2.05) is 88.4 Å². The number of halogens is 1. The molecule has 236 valence electrons. The van der Waals surface area contributed by atoms with Gasteiger partial charge in [-0.25, -0.2) is 8.42 Å². The fraction of sp³-hybridized carbons (Fsp3) is 0.278. The molecule has 2 amide bonds. The molecule has 2 atom stereocenters. The van der Waals surface area contributed by atoms with Crippen LogP contribution in [-0.2, 0) is 32.6 Å². The lowest BCUT2D eigenvalue weighted by Gasteiger charge is -2.34. The van der Waals surface area contributed by atoms with E-state index in [1.54, 1.807) is 18.2 Å². The van der Waals surface area contributed by atoms with Crippen LogP contribution >= 0.6 is 11.6 Å². The fourth-order valence-corrected chi connectivity index (χ4v) is 6.58. The van der Waals surface area contributed by atoms with E-state index >= 15 is 0 Å². The Bertz CT molecular complexity index is 1710. The molecule has 0 aliphatic rings. The summed E-state index contributed by atoms with van der Waals surface area (Å²) in [5, 5.41) is 3.45. The predicted molar refractivity (Wildman–Crippen MR) is 181 cm³/mol. The highest BCUT2D eigenvalue weighted by molar-refractivity contribution is 7.92. The number of anilines is 1. The van der Waals surface area contributed by atoms with Crippen molar-refractivity contribution in [3.8, 4) is 0 Å². The minimum atomic E-state index is -4.20. The van der Waals surface area contributed by atoms with Crippen LogP contribution in [0.2, 0.25) is 5.02 Å². The predicted octanol–water partition coefficient (Wildman–Crippen LogP) is 6.71. The molecule has 0 unspecified atom stereocenters. The molecule has 9 heteroatoms. The van der Waals surface area contributed by atoms with Crippen molar-refractivity contribution in [2.45, 2.75) is 64.1 Å². The lowest BCUT2D eigenvalue weighted by Crippen LogP contribution is -2.54. The Morgan fingerprint density at radius 2 is 1.44 bits per heavy atom. The van der Waals surface area contributed by atoms with E-state index in [-0.39, 0.29) is 29.8 Å². The number of amides is 2. The molecule has 0 saturated carbocycles. The molecule has 0 bridgehead atoms. The molecule has 0 spiro atoms. The number of rotatable bonds is 13. The smallest absolute Gasteiger partial charge is 0.264 e. The van der Waals surface area contributed by atoms with Crippen LogP contribution < -0.4 is 9.62 Å². The maximum Gasteiger partial charge on any atom is 0.264 e. The van der Waals surface area contributed by atoms with Crippen molar-refractivity contribution in [1.82, 2.24) is 10.2 Å². The van der Waals surface area contributed by atoms with Gasteiger partial charge in [-0.1, -0.05) is 90.8 Å². The first-order valence-corrected chi connectivity index (χ1v) is 16.8. The molecule has 4 aromatic rings. The van der Waals surface area contributed by atoms with Crippen molar-refractivity contribution in [2.75, 3.05) is 10.8 Å². The topological polar surface area (TPSA) is 86.8 Å². The zero-order valence-electron chi connectivity index (χ0n) is 26.1. The number of aryl methyl sites for hydroxylation is 2. The summed E-state index contributed by atoms with van der Waals surface area (Å²) < 4.78 is 29.4. The Labute approximate surface area is 271 Å². The largest absolute Gasteiger partial charge is 0.352 e. The normalized spacial score (nSPS) is 12.6. The van der Waals surface area contributed by atoms with Crippen LogP contribution in [0.25, 0.3) is 0 Å². The highest BCUT2D eigenvalue weighted by atomic mass is 35.5. The average molecular weight is 646 g/mol. The van der Waals surface area contributed by atoms with Crippen LogP contribution in [-0.4, -0.2) is 43.8 Å². The van der Waals surface area contributed by atoms with Crippen LogP contribution in [0.4, 0.5) is 5.69 Å². The number of nitrogens with one attached hydrogen (secondary N) is 1. The molecule has 0 radical (unpaired) electrons. The minimum Gasteiger partial charge on any atom is -0.352 e. The maximum absolute atomic E-state index is 14.5. The van der Waals surface area contributed by atoms with Crippen LogP contribution in [0.5, 0.6) is 0 Å². The van der Waals surface area contributed by atoms with Gasteiger partial charge in [0.1, 0.15) is 12.6 Å². The summed E-state index contributed by atoms with van der Waals surface area (Å²) in [6.07, 6.45) is 0.977. The molecule has 4 rings (SSSR count). The second kappa shape index (κ2) is 15.2. The second-order valence-electron chi connectivity index (χ2n) is 11.3. The summed E-state index contributed by atoms with van der Waals surface area (Å²) in [5.74, 6) is -0.798. The molecule has 0 fully saturated rings. The molecular weight excluding hydrogens is 606 g/mol. The Kier molecular flexibility index (Phi) is 11.4. The van der Waals surface area contributed by atoms with Crippen molar-refractivity contribution in [1.29, 1.82) is 0 Å². The van der Waals surface area contributed by atoms with Gasteiger partial charge in [-0.05, 0) is 80.3 Å². The van der Waals surface area contributed by atoms with E-state index in [1.165, 1.54) is 29.2 Å². The van der Waals surface area contributed by atoms with Crippen LogP contribution in [0.1, 0.15) is 42.5 Å². The maximum atomic E-state index is 14.5. The lowest BCUT2D eigenvalue weighted by molar-refractivity contribution is -0.140. The first-order valence-electron chi connectivity index (χ1n) is 15.0. The van der Waals surface area contributed by atoms with Gasteiger partial charge in [0.2, 0.25) is 11.8 Å². The molecule has 0 heterocycles. The van der Waals surface area contributed by atoms with Crippen LogP contribution in [0.3, 0.4) is 0 Å². The first kappa shape index (κ1) is 33.7. The van der Waals surface area contributed by atoms with Crippen molar-refractivity contribution >= 4 is 39.1 Å². The molecule has 0 aliphatic carbocycles. The van der Waals surface area contributed by atoms with Gasteiger partial charge in [0, 0.05) is 24.0 Å². The molecular formula is C36H40ClN3O4S. The van der Waals surface area contributed by atoms with Crippen molar-refractivity contribution in [2.24, 2.45) is 0 Å². The minimum absolute atomic E-state index is 0.00166. The summed E-state index contributed by atoms with van der Waals surface area (Å²) >= 11 is 6.06. The third-order valence-electron chi connectivity index (χ3n) is 7.68. The zero-order chi connectivity index (χ0) is 32.6. The van der Waals surface area contributed by atoms with Gasteiger partial charge in [-0.3, -0.25) is 13.9 Å². The monoisotopic (exact) mass is 645 g/mol. The highest BCUT2D eigenvalue weighted by Gasteiger charge is 2.35. The molecule has 4 aromatic carbocycles. The van der Waals surface area contributed by atoms with E-state index in [4.69, 9.17) is 11.6 Å². The molecule has 0 saturated heterocycles. The summed E-state index contributed by atoms with van der Waals surface area (Å²) in [7, 11) is -4.20.